The average molecular weight is 394 g/mol. The van der Waals surface area contributed by atoms with Gasteiger partial charge in [-0.15, -0.1) is 0 Å². The monoisotopic (exact) mass is 393 g/mol. The third-order valence-corrected chi connectivity index (χ3v) is 7.61. The second kappa shape index (κ2) is 7.21. The molecular weight excluding hydrogens is 366 g/mol. The highest BCUT2D eigenvalue weighted by atomic mass is 16.1. The highest BCUT2D eigenvalue weighted by Crippen LogP contribution is 2.48. The van der Waals surface area contributed by atoms with E-state index in [4.69, 9.17) is 0 Å². The molecule has 0 spiro atoms. The van der Waals surface area contributed by atoms with Crippen LogP contribution < -0.4 is 0 Å². The third kappa shape index (κ3) is 2.86. The van der Waals surface area contributed by atoms with E-state index in [2.05, 4.69) is 83.8 Å². The average Bonchev–Trinajstić information content (AvgIpc) is 3.23. The molecule has 2 heterocycles. The highest BCUT2D eigenvalue weighted by Gasteiger charge is 2.45. The molecule has 0 aromatic heterocycles. The number of nitrogens with zero attached hydrogens (tertiary/aromatic N) is 1. The summed E-state index contributed by atoms with van der Waals surface area (Å²) >= 11 is 0. The molecule has 2 saturated heterocycles. The molecule has 2 unspecified atom stereocenters. The minimum absolute atomic E-state index is 0.0810. The summed E-state index contributed by atoms with van der Waals surface area (Å²) in [6.45, 7) is 1.02. The van der Waals surface area contributed by atoms with E-state index >= 15 is 0 Å². The van der Waals surface area contributed by atoms with Crippen molar-refractivity contribution in [3.05, 3.63) is 95.6 Å². The molecule has 0 amide bonds. The third-order valence-electron chi connectivity index (χ3n) is 7.61. The topological polar surface area (TPSA) is 20.3 Å². The fourth-order valence-electron chi connectivity index (χ4n) is 6.26. The predicted octanol–water partition coefficient (Wildman–Crippen LogP) is 5.81. The van der Waals surface area contributed by atoms with Crippen molar-refractivity contribution in [1.29, 1.82) is 0 Å². The standard InChI is InChI=1S/C28H27NO/c30-28(27-25-12-6-4-10-23(25)24-11-5-7-13-26(24)27)20-16-21-14-15-22(17-20)29(21)18-19-8-2-1-3-9-19/h1-13,20-22,27H,14-18H2. The lowest BCUT2D eigenvalue weighted by Crippen LogP contribution is -2.44. The van der Waals surface area contributed by atoms with Crippen LogP contribution in [-0.2, 0) is 11.3 Å². The van der Waals surface area contributed by atoms with Gasteiger partial charge in [0.25, 0.3) is 0 Å². The number of ketones is 1. The van der Waals surface area contributed by atoms with Crippen molar-refractivity contribution >= 4 is 5.78 Å². The molecule has 3 aliphatic rings. The Morgan fingerprint density at radius 2 is 1.27 bits per heavy atom. The number of fused-ring (bicyclic) bond motifs is 5. The summed E-state index contributed by atoms with van der Waals surface area (Å²) in [7, 11) is 0. The quantitative estimate of drug-likeness (QED) is 0.557. The zero-order chi connectivity index (χ0) is 20.1. The number of carbonyl (C=O) groups excluding carboxylic acids is 1. The maximum absolute atomic E-state index is 13.9. The van der Waals surface area contributed by atoms with E-state index in [0.29, 0.717) is 17.9 Å². The first kappa shape index (κ1) is 18.1. The number of carbonyl (C=O) groups is 1. The summed E-state index contributed by atoms with van der Waals surface area (Å²) < 4.78 is 0. The molecule has 0 radical (unpaired) electrons. The van der Waals surface area contributed by atoms with Crippen LogP contribution in [0.5, 0.6) is 0 Å². The molecule has 6 rings (SSSR count). The van der Waals surface area contributed by atoms with Crippen LogP contribution in [0.4, 0.5) is 0 Å². The van der Waals surface area contributed by atoms with Gasteiger partial charge in [0, 0.05) is 24.5 Å². The summed E-state index contributed by atoms with van der Waals surface area (Å²) in [5.41, 5.74) is 6.30. The smallest absolute Gasteiger partial charge is 0.147 e. The summed E-state index contributed by atoms with van der Waals surface area (Å²) in [4.78, 5) is 16.6. The second-order valence-electron chi connectivity index (χ2n) is 9.22. The van der Waals surface area contributed by atoms with E-state index in [9.17, 15) is 4.79 Å². The zero-order valence-corrected chi connectivity index (χ0v) is 17.2. The molecule has 2 aliphatic heterocycles. The number of benzene rings is 3. The van der Waals surface area contributed by atoms with E-state index < -0.39 is 0 Å². The second-order valence-corrected chi connectivity index (χ2v) is 9.22. The van der Waals surface area contributed by atoms with Gasteiger partial charge in [-0.05, 0) is 53.5 Å². The first-order valence-electron chi connectivity index (χ1n) is 11.3. The maximum atomic E-state index is 13.9. The number of piperidine rings is 1. The van der Waals surface area contributed by atoms with Gasteiger partial charge in [-0.3, -0.25) is 9.69 Å². The molecule has 2 heteroatoms. The van der Waals surface area contributed by atoms with E-state index in [-0.39, 0.29) is 11.8 Å². The van der Waals surface area contributed by atoms with Gasteiger partial charge in [-0.1, -0.05) is 78.9 Å². The lowest BCUT2D eigenvalue weighted by atomic mass is 9.79. The molecule has 1 aliphatic carbocycles. The van der Waals surface area contributed by atoms with Gasteiger partial charge >= 0.3 is 0 Å². The van der Waals surface area contributed by atoms with E-state index in [1.165, 1.54) is 40.7 Å². The SMILES string of the molecule is O=C(C1CC2CCC(C1)N2Cc1ccccc1)C1c2ccccc2-c2ccccc21. The lowest BCUT2D eigenvalue weighted by Gasteiger charge is -2.39. The van der Waals surface area contributed by atoms with E-state index in [1.54, 1.807) is 0 Å². The Morgan fingerprint density at radius 3 is 1.87 bits per heavy atom. The van der Waals surface area contributed by atoms with Gasteiger partial charge in [0.2, 0.25) is 0 Å². The van der Waals surface area contributed by atoms with Crippen molar-refractivity contribution < 1.29 is 4.79 Å². The van der Waals surface area contributed by atoms with E-state index in [0.717, 1.165) is 19.4 Å². The number of hydrogen-bond donors (Lipinski definition) is 0. The van der Waals surface area contributed by atoms with Crippen molar-refractivity contribution in [3.63, 3.8) is 0 Å². The number of hydrogen-bond acceptors (Lipinski definition) is 2. The summed E-state index contributed by atoms with van der Waals surface area (Å²) in [5, 5.41) is 0. The first-order chi connectivity index (χ1) is 14.8. The van der Waals surface area contributed by atoms with Gasteiger partial charge in [0.1, 0.15) is 5.78 Å². The Kier molecular flexibility index (Phi) is 4.35. The molecule has 2 fully saturated rings. The normalized spacial score (nSPS) is 25.1. The van der Waals surface area contributed by atoms with Crippen LogP contribution in [0.15, 0.2) is 78.9 Å². The van der Waals surface area contributed by atoms with Crippen molar-refractivity contribution in [2.45, 2.75) is 50.2 Å². The minimum atomic E-state index is -0.0810. The fraction of sp³-hybridized carbons (Fsp3) is 0.321. The summed E-state index contributed by atoms with van der Waals surface area (Å²) in [6.07, 6.45) is 4.50. The molecule has 0 saturated carbocycles. The van der Waals surface area contributed by atoms with Crippen LogP contribution in [0.1, 0.15) is 48.3 Å². The van der Waals surface area contributed by atoms with Crippen LogP contribution >= 0.6 is 0 Å². The predicted molar refractivity (Wildman–Crippen MR) is 120 cm³/mol. The molecule has 2 bridgehead atoms. The number of rotatable bonds is 4. The molecule has 3 aromatic carbocycles. The van der Waals surface area contributed by atoms with Crippen molar-refractivity contribution in [2.24, 2.45) is 5.92 Å². The molecule has 3 aromatic rings. The molecular formula is C28H27NO. The molecule has 30 heavy (non-hydrogen) atoms. The van der Waals surface area contributed by atoms with Gasteiger partial charge < -0.3 is 0 Å². The van der Waals surface area contributed by atoms with Crippen LogP contribution in [0.3, 0.4) is 0 Å². The highest BCUT2D eigenvalue weighted by molar-refractivity contribution is 5.98. The fourth-order valence-corrected chi connectivity index (χ4v) is 6.26. The zero-order valence-electron chi connectivity index (χ0n) is 17.2. The van der Waals surface area contributed by atoms with Crippen molar-refractivity contribution in [3.8, 4) is 11.1 Å². The largest absolute Gasteiger partial charge is 0.298 e. The minimum Gasteiger partial charge on any atom is -0.298 e. The Hall–Kier alpha value is -2.71. The summed E-state index contributed by atoms with van der Waals surface area (Å²) in [5.74, 6) is 0.546. The van der Waals surface area contributed by atoms with Gasteiger partial charge in [-0.2, -0.15) is 0 Å². The molecule has 2 nitrogen and oxygen atoms in total. The molecule has 2 atom stereocenters. The van der Waals surface area contributed by atoms with E-state index in [1.807, 2.05) is 0 Å². The molecule has 150 valence electrons. The lowest BCUT2D eigenvalue weighted by molar-refractivity contribution is -0.125. The Morgan fingerprint density at radius 1 is 0.733 bits per heavy atom. The summed E-state index contributed by atoms with van der Waals surface area (Å²) in [6, 6.07) is 28.9. The Bertz CT molecular complexity index is 1030. The Labute approximate surface area is 178 Å². The van der Waals surface area contributed by atoms with Gasteiger partial charge in [0.05, 0.1) is 5.92 Å². The van der Waals surface area contributed by atoms with Crippen molar-refractivity contribution in [2.75, 3.05) is 0 Å². The Balaban J connectivity index is 1.26. The van der Waals surface area contributed by atoms with Crippen molar-refractivity contribution in [1.82, 2.24) is 4.90 Å². The van der Waals surface area contributed by atoms with Crippen LogP contribution in [0.25, 0.3) is 11.1 Å². The first-order valence-corrected chi connectivity index (χ1v) is 11.3. The van der Waals surface area contributed by atoms with Crippen LogP contribution in [-0.4, -0.2) is 22.8 Å². The van der Waals surface area contributed by atoms with Gasteiger partial charge in [0.15, 0.2) is 0 Å². The van der Waals surface area contributed by atoms with Crippen LogP contribution in [0, 0.1) is 5.92 Å². The molecule has 0 N–H and O–H groups in total. The van der Waals surface area contributed by atoms with Gasteiger partial charge in [-0.25, -0.2) is 0 Å². The number of Topliss-reactive ketones (excluding diaryl/α,β-unsaturated/α-hetero) is 1. The van der Waals surface area contributed by atoms with Crippen LogP contribution in [0.2, 0.25) is 0 Å². The maximum Gasteiger partial charge on any atom is 0.147 e.